The van der Waals surface area contributed by atoms with Crippen LogP contribution in [0.15, 0.2) is 12.1 Å². The Balaban J connectivity index is 3.32. The van der Waals surface area contributed by atoms with Crippen LogP contribution in [0.4, 0.5) is 8.78 Å². The van der Waals surface area contributed by atoms with Crippen molar-refractivity contribution in [2.24, 2.45) is 0 Å². The minimum Gasteiger partial charge on any atom is -0.481 e. The van der Waals surface area contributed by atoms with Crippen LogP contribution < -0.4 is 0 Å². The summed E-state index contributed by atoms with van der Waals surface area (Å²) in [5, 5.41) is 8.54. The lowest BCUT2D eigenvalue weighted by Gasteiger charge is -2.10. The van der Waals surface area contributed by atoms with Gasteiger partial charge in [0, 0.05) is 10.6 Å². The number of carbonyl (C=O) groups is 1. The van der Waals surface area contributed by atoms with Crippen molar-refractivity contribution in [2.75, 3.05) is 0 Å². The second kappa shape index (κ2) is 3.92. The van der Waals surface area contributed by atoms with E-state index in [2.05, 4.69) is 0 Å². The quantitative estimate of drug-likeness (QED) is 0.779. The van der Waals surface area contributed by atoms with Crippen molar-refractivity contribution < 1.29 is 18.7 Å². The molecule has 1 rings (SSSR count). The van der Waals surface area contributed by atoms with E-state index < -0.39 is 23.5 Å². The molecule has 1 N–H and O–H groups in total. The van der Waals surface area contributed by atoms with Gasteiger partial charge in [0.25, 0.3) is 0 Å². The monoisotopic (exact) mass is 220 g/mol. The number of aliphatic carboxylic acids is 1. The van der Waals surface area contributed by atoms with E-state index in [1.54, 1.807) is 0 Å². The summed E-state index contributed by atoms with van der Waals surface area (Å²) in [4.78, 5) is 10.6. The standard InChI is InChI=1S/C9H7ClF2O2/c1-4(9(13)14)7-5(10)2-3-6(11)8(7)12/h2-4H,1H3,(H,13,14). The van der Waals surface area contributed by atoms with E-state index >= 15 is 0 Å². The van der Waals surface area contributed by atoms with Crippen molar-refractivity contribution >= 4 is 17.6 Å². The van der Waals surface area contributed by atoms with Gasteiger partial charge in [-0.15, -0.1) is 0 Å². The van der Waals surface area contributed by atoms with Crippen molar-refractivity contribution in [1.29, 1.82) is 0 Å². The van der Waals surface area contributed by atoms with E-state index in [9.17, 15) is 13.6 Å². The van der Waals surface area contributed by atoms with Crippen molar-refractivity contribution in [1.82, 2.24) is 0 Å². The maximum Gasteiger partial charge on any atom is 0.310 e. The van der Waals surface area contributed by atoms with Gasteiger partial charge in [-0.1, -0.05) is 11.6 Å². The molecule has 1 atom stereocenters. The Bertz CT molecular complexity index is 379. The van der Waals surface area contributed by atoms with Crippen LogP contribution >= 0.6 is 11.6 Å². The Morgan fingerprint density at radius 3 is 2.57 bits per heavy atom. The first-order valence-electron chi connectivity index (χ1n) is 3.81. The van der Waals surface area contributed by atoms with Gasteiger partial charge in [0.2, 0.25) is 0 Å². The molecule has 0 saturated heterocycles. The average Bonchev–Trinajstić information content (AvgIpc) is 2.12. The Labute approximate surface area is 84.1 Å². The number of hydrogen-bond donors (Lipinski definition) is 1. The summed E-state index contributed by atoms with van der Waals surface area (Å²) in [6.07, 6.45) is 0. The summed E-state index contributed by atoms with van der Waals surface area (Å²) in [7, 11) is 0. The van der Waals surface area contributed by atoms with Gasteiger partial charge in [0.05, 0.1) is 5.92 Å². The van der Waals surface area contributed by atoms with Crippen LogP contribution in [-0.4, -0.2) is 11.1 Å². The molecule has 1 unspecified atom stereocenters. The molecule has 0 bridgehead atoms. The highest BCUT2D eigenvalue weighted by molar-refractivity contribution is 6.31. The molecule has 2 nitrogen and oxygen atoms in total. The van der Waals surface area contributed by atoms with Gasteiger partial charge in [-0.3, -0.25) is 4.79 Å². The molecular formula is C9H7ClF2O2. The second-order valence-corrected chi connectivity index (χ2v) is 3.22. The smallest absolute Gasteiger partial charge is 0.310 e. The molecule has 0 spiro atoms. The fourth-order valence-corrected chi connectivity index (χ4v) is 1.37. The van der Waals surface area contributed by atoms with E-state index in [1.165, 1.54) is 6.92 Å². The number of carboxylic acids is 1. The lowest BCUT2D eigenvalue weighted by atomic mass is 10.0. The fourth-order valence-electron chi connectivity index (χ4n) is 1.06. The summed E-state index contributed by atoms with van der Waals surface area (Å²) in [5.41, 5.74) is -0.320. The molecule has 0 aliphatic carbocycles. The van der Waals surface area contributed by atoms with Gasteiger partial charge in [-0.25, -0.2) is 8.78 Å². The Morgan fingerprint density at radius 1 is 1.50 bits per heavy atom. The average molecular weight is 221 g/mol. The van der Waals surface area contributed by atoms with Crippen molar-refractivity contribution in [3.8, 4) is 0 Å². The van der Waals surface area contributed by atoms with E-state index in [1.807, 2.05) is 0 Å². The molecule has 14 heavy (non-hydrogen) atoms. The maximum absolute atomic E-state index is 13.2. The minimum absolute atomic E-state index is 0.0844. The molecule has 5 heteroatoms. The number of benzene rings is 1. The number of carboxylic acid groups (broad SMARTS) is 1. The van der Waals surface area contributed by atoms with Crippen LogP contribution in [0.5, 0.6) is 0 Å². The van der Waals surface area contributed by atoms with Crippen LogP contribution in [0.2, 0.25) is 5.02 Å². The zero-order valence-electron chi connectivity index (χ0n) is 7.22. The molecule has 0 aromatic heterocycles. The first-order valence-corrected chi connectivity index (χ1v) is 4.19. The molecule has 0 fully saturated rings. The summed E-state index contributed by atoms with van der Waals surface area (Å²) in [6, 6.07) is 1.99. The summed E-state index contributed by atoms with van der Waals surface area (Å²) >= 11 is 5.57. The summed E-state index contributed by atoms with van der Waals surface area (Å²) in [6.45, 7) is 1.24. The summed E-state index contributed by atoms with van der Waals surface area (Å²) in [5.74, 6) is -4.72. The summed E-state index contributed by atoms with van der Waals surface area (Å²) < 4.78 is 25.9. The second-order valence-electron chi connectivity index (χ2n) is 2.82. The molecule has 0 saturated carbocycles. The molecule has 1 aromatic rings. The number of hydrogen-bond acceptors (Lipinski definition) is 1. The van der Waals surface area contributed by atoms with Gasteiger partial charge >= 0.3 is 5.97 Å². The first-order chi connectivity index (χ1) is 6.45. The van der Waals surface area contributed by atoms with Crippen LogP contribution in [-0.2, 0) is 4.79 Å². The molecule has 0 aliphatic rings. The molecule has 0 radical (unpaired) electrons. The minimum atomic E-state index is -1.25. The lowest BCUT2D eigenvalue weighted by Crippen LogP contribution is -2.11. The molecular weight excluding hydrogens is 214 g/mol. The molecule has 0 aliphatic heterocycles. The predicted molar refractivity (Wildman–Crippen MR) is 47.4 cm³/mol. The molecule has 76 valence electrons. The van der Waals surface area contributed by atoms with Crippen LogP contribution in [0.3, 0.4) is 0 Å². The molecule has 1 aromatic carbocycles. The van der Waals surface area contributed by atoms with Gasteiger partial charge in [0.1, 0.15) is 0 Å². The van der Waals surface area contributed by atoms with Crippen molar-refractivity contribution in [2.45, 2.75) is 12.8 Å². The zero-order valence-corrected chi connectivity index (χ0v) is 7.98. The van der Waals surface area contributed by atoms with E-state index in [-0.39, 0.29) is 10.6 Å². The van der Waals surface area contributed by atoms with Crippen molar-refractivity contribution in [3.63, 3.8) is 0 Å². The third kappa shape index (κ3) is 1.85. The Morgan fingerprint density at radius 2 is 2.07 bits per heavy atom. The highest BCUT2D eigenvalue weighted by Gasteiger charge is 2.23. The van der Waals surface area contributed by atoms with Gasteiger partial charge < -0.3 is 5.11 Å². The van der Waals surface area contributed by atoms with Crippen LogP contribution in [0.1, 0.15) is 18.4 Å². The lowest BCUT2D eigenvalue weighted by molar-refractivity contribution is -0.138. The van der Waals surface area contributed by atoms with Crippen LogP contribution in [0, 0.1) is 11.6 Å². The van der Waals surface area contributed by atoms with Crippen molar-refractivity contribution in [3.05, 3.63) is 34.4 Å². The molecule has 0 heterocycles. The normalized spacial score (nSPS) is 12.6. The van der Waals surface area contributed by atoms with E-state index in [0.29, 0.717) is 0 Å². The first kappa shape index (κ1) is 10.9. The number of rotatable bonds is 2. The van der Waals surface area contributed by atoms with Gasteiger partial charge in [-0.2, -0.15) is 0 Å². The maximum atomic E-state index is 13.2. The Hall–Kier alpha value is -1.16. The van der Waals surface area contributed by atoms with Gasteiger partial charge in [0.15, 0.2) is 11.6 Å². The SMILES string of the molecule is CC(C(=O)O)c1c(Cl)ccc(F)c1F. The largest absolute Gasteiger partial charge is 0.481 e. The topological polar surface area (TPSA) is 37.3 Å². The van der Waals surface area contributed by atoms with E-state index in [0.717, 1.165) is 12.1 Å². The number of halogens is 3. The fraction of sp³-hybridized carbons (Fsp3) is 0.222. The third-order valence-corrected chi connectivity index (χ3v) is 2.21. The third-order valence-electron chi connectivity index (χ3n) is 1.88. The van der Waals surface area contributed by atoms with E-state index in [4.69, 9.17) is 16.7 Å². The van der Waals surface area contributed by atoms with Gasteiger partial charge in [-0.05, 0) is 19.1 Å². The Kier molecular flexibility index (Phi) is 3.06. The predicted octanol–water partition coefficient (Wildman–Crippen LogP) is 2.81. The zero-order chi connectivity index (χ0) is 10.9. The highest BCUT2D eigenvalue weighted by atomic mass is 35.5. The van der Waals surface area contributed by atoms with Crippen LogP contribution in [0.25, 0.3) is 0 Å². The molecule has 0 amide bonds. The highest BCUT2D eigenvalue weighted by Crippen LogP contribution is 2.28.